The summed E-state index contributed by atoms with van der Waals surface area (Å²) in [7, 11) is 0. The molecule has 4 aromatic heterocycles. The van der Waals surface area contributed by atoms with E-state index in [1.807, 2.05) is 17.7 Å². The zero-order chi connectivity index (χ0) is 21.7. The predicted octanol–water partition coefficient (Wildman–Crippen LogP) is 4.27. The number of pyridine rings is 1. The molecule has 0 amide bonds. The van der Waals surface area contributed by atoms with E-state index in [1.165, 1.54) is 17.5 Å². The van der Waals surface area contributed by atoms with Crippen LogP contribution in [0.25, 0.3) is 26.6 Å². The van der Waals surface area contributed by atoms with E-state index in [4.69, 9.17) is 5.73 Å². The zero-order valence-corrected chi connectivity index (χ0v) is 16.9. The number of carbonyl (C=O) groups is 1. The van der Waals surface area contributed by atoms with Crippen LogP contribution in [-0.4, -0.2) is 30.3 Å². The van der Waals surface area contributed by atoms with Gasteiger partial charge < -0.3 is 10.7 Å². The zero-order valence-electron chi connectivity index (χ0n) is 16.1. The van der Waals surface area contributed by atoms with Gasteiger partial charge in [0.25, 0.3) is 0 Å². The van der Waals surface area contributed by atoms with Crippen LogP contribution in [0.4, 0.5) is 14.5 Å². The van der Waals surface area contributed by atoms with Crippen molar-refractivity contribution < 1.29 is 13.6 Å². The number of rotatable bonds is 4. The van der Waals surface area contributed by atoms with E-state index < -0.39 is 23.0 Å². The number of imidazole rings is 1. The monoisotopic (exact) mass is 436 g/mol. The average molecular weight is 436 g/mol. The molecular formula is C21H14F2N6OS. The molecule has 0 atom stereocenters. The minimum atomic E-state index is -1.08. The molecule has 3 N–H and O–H groups in total. The lowest BCUT2D eigenvalue weighted by atomic mass is 10.0. The molecule has 5 rings (SSSR count). The highest BCUT2D eigenvalue weighted by Gasteiger charge is 2.24. The van der Waals surface area contributed by atoms with Gasteiger partial charge in [-0.1, -0.05) is 11.3 Å². The summed E-state index contributed by atoms with van der Waals surface area (Å²) in [6.07, 6.45) is 8.27. The summed E-state index contributed by atoms with van der Waals surface area (Å²) >= 11 is 1.42. The number of nitrogens with one attached hydrogen (secondary N) is 1. The van der Waals surface area contributed by atoms with E-state index in [2.05, 4.69) is 19.9 Å². The van der Waals surface area contributed by atoms with Crippen molar-refractivity contribution in [2.45, 2.75) is 6.92 Å². The average Bonchev–Trinajstić information content (AvgIpc) is 3.49. The number of benzene rings is 1. The van der Waals surface area contributed by atoms with Crippen LogP contribution in [0.15, 0.2) is 49.3 Å². The minimum absolute atomic E-state index is 0.0997. The number of aromatic amines is 1. The number of carbonyl (C=O) groups excluding carboxylic acids is 1. The number of nitrogens with two attached hydrogens (primary N) is 1. The van der Waals surface area contributed by atoms with E-state index in [0.717, 1.165) is 33.4 Å². The molecular weight excluding hydrogens is 422 g/mol. The number of aromatic nitrogens is 5. The molecule has 10 heteroatoms. The highest BCUT2D eigenvalue weighted by Crippen LogP contribution is 2.32. The van der Waals surface area contributed by atoms with Crippen molar-refractivity contribution in [3.63, 3.8) is 0 Å². The molecule has 0 aliphatic heterocycles. The SMILES string of the molecule is Cc1cn(-c2ncc(-c3cnc4[nH]cc(C(=O)c5c(F)ccc(N)c5F)c4c3)s2)cn1. The van der Waals surface area contributed by atoms with Crippen molar-refractivity contribution in [2.75, 3.05) is 5.73 Å². The van der Waals surface area contributed by atoms with E-state index in [1.54, 1.807) is 24.8 Å². The largest absolute Gasteiger partial charge is 0.396 e. The second kappa shape index (κ2) is 7.10. The Hall–Kier alpha value is -3.92. The number of fused-ring (bicyclic) bond motifs is 1. The molecule has 0 aliphatic rings. The van der Waals surface area contributed by atoms with Gasteiger partial charge in [-0.15, -0.1) is 0 Å². The van der Waals surface area contributed by atoms with Crippen molar-refractivity contribution >= 4 is 33.8 Å². The Kier molecular flexibility index (Phi) is 4.36. The number of H-pyrrole nitrogens is 1. The number of halogens is 2. The standard InChI is InChI=1S/C21H14F2N6OS/c1-10-8-29(9-28-10)21-27-7-16(31-21)11-4-12-13(6-26-20(12)25-5-11)19(30)17-14(22)2-3-15(24)18(17)23/h2-9H,24H2,1H3,(H,25,26). The summed E-state index contributed by atoms with van der Waals surface area (Å²) in [6, 6.07) is 3.80. The number of aryl methyl sites for hydroxylation is 1. The van der Waals surface area contributed by atoms with Crippen molar-refractivity contribution in [1.82, 2.24) is 24.5 Å². The normalized spacial score (nSPS) is 11.3. The summed E-state index contributed by atoms with van der Waals surface area (Å²) in [5.74, 6) is -2.87. The summed E-state index contributed by atoms with van der Waals surface area (Å²) in [6.45, 7) is 1.89. The quantitative estimate of drug-likeness (QED) is 0.324. The van der Waals surface area contributed by atoms with Crippen LogP contribution in [0, 0.1) is 18.6 Å². The number of nitrogen functional groups attached to an aromatic ring is 1. The fourth-order valence-electron chi connectivity index (χ4n) is 3.28. The Bertz CT molecular complexity index is 1470. The lowest BCUT2D eigenvalue weighted by Gasteiger charge is -2.06. The molecule has 0 saturated heterocycles. The lowest BCUT2D eigenvalue weighted by Crippen LogP contribution is -2.09. The van der Waals surface area contributed by atoms with Crippen LogP contribution >= 0.6 is 11.3 Å². The first-order valence-corrected chi connectivity index (χ1v) is 9.96. The fourth-order valence-corrected chi connectivity index (χ4v) is 4.12. The Morgan fingerprint density at radius 2 is 2.03 bits per heavy atom. The van der Waals surface area contributed by atoms with Crippen LogP contribution < -0.4 is 5.73 Å². The van der Waals surface area contributed by atoms with E-state index >= 15 is 0 Å². The highest BCUT2D eigenvalue weighted by molar-refractivity contribution is 7.17. The number of thiazole rings is 1. The Morgan fingerprint density at radius 3 is 2.81 bits per heavy atom. The van der Waals surface area contributed by atoms with Crippen LogP contribution in [0.3, 0.4) is 0 Å². The second-order valence-electron chi connectivity index (χ2n) is 6.91. The molecule has 7 nitrogen and oxygen atoms in total. The minimum Gasteiger partial charge on any atom is -0.396 e. The maximum absolute atomic E-state index is 14.4. The molecule has 0 saturated carbocycles. The van der Waals surface area contributed by atoms with Gasteiger partial charge in [-0.05, 0) is 25.1 Å². The molecule has 1 aromatic carbocycles. The van der Waals surface area contributed by atoms with Crippen molar-refractivity contribution in [1.29, 1.82) is 0 Å². The van der Waals surface area contributed by atoms with Crippen LogP contribution in [0.1, 0.15) is 21.6 Å². The van der Waals surface area contributed by atoms with Crippen LogP contribution in [0.5, 0.6) is 0 Å². The number of hydrogen-bond acceptors (Lipinski definition) is 6. The summed E-state index contributed by atoms with van der Waals surface area (Å²) in [4.78, 5) is 29.6. The highest BCUT2D eigenvalue weighted by atomic mass is 32.1. The third-order valence-electron chi connectivity index (χ3n) is 4.83. The first-order chi connectivity index (χ1) is 14.9. The number of ketones is 1. The third kappa shape index (κ3) is 3.17. The van der Waals surface area contributed by atoms with Gasteiger partial charge in [0.2, 0.25) is 5.78 Å². The molecule has 0 unspecified atom stereocenters. The van der Waals surface area contributed by atoms with E-state index in [-0.39, 0.29) is 11.3 Å². The Balaban J connectivity index is 1.58. The van der Waals surface area contributed by atoms with Crippen LogP contribution in [0.2, 0.25) is 0 Å². The van der Waals surface area contributed by atoms with E-state index in [9.17, 15) is 13.6 Å². The topological polar surface area (TPSA) is 102 Å². The summed E-state index contributed by atoms with van der Waals surface area (Å²) < 4.78 is 30.4. The van der Waals surface area contributed by atoms with Gasteiger partial charge in [0, 0.05) is 41.3 Å². The fraction of sp³-hybridized carbons (Fsp3) is 0.0476. The van der Waals surface area contributed by atoms with Gasteiger partial charge in [0.15, 0.2) is 10.9 Å². The number of hydrogen-bond donors (Lipinski definition) is 2. The second-order valence-corrected chi connectivity index (χ2v) is 7.92. The molecule has 154 valence electrons. The maximum atomic E-state index is 14.4. The van der Waals surface area contributed by atoms with Gasteiger partial charge in [-0.25, -0.2) is 23.7 Å². The molecule has 0 aliphatic carbocycles. The van der Waals surface area contributed by atoms with Gasteiger partial charge in [0.05, 0.1) is 21.8 Å². The lowest BCUT2D eigenvalue weighted by molar-refractivity contribution is 0.103. The number of anilines is 1. The summed E-state index contributed by atoms with van der Waals surface area (Å²) in [5.41, 5.74) is 6.64. The van der Waals surface area contributed by atoms with Crippen LogP contribution in [-0.2, 0) is 0 Å². The molecule has 0 radical (unpaired) electrons. The third-order valence-corrected chi connectivity index (χ3v) is 5.89. The van der Waals surface area contributed by atoms with Gasteiger partial charge in [-0.2, -0.15) is 0 Å². The van der Waals surface area contributed by atoms with Gasteiger partial charge in [0.1, 0.15) is 17.8 Å². The van der Waals surface area contributed by atoms with Gasteiger partial charge in [-0.3, -0.25) is 9.36 Å². The first kappa shape index (κ1) is 19.1. The van der Waals surface area contributed by atoms with Crippen molar-refractivity contribution in [2.24, 2.45) is 0 Å². The summed E-state index contributed by atoms with van der Waals surface area (Å²) in [5, 5.41) is 1.17. The molecule has 5 aromatic rings. The van der Waals surface area contributed by atoms with Gasteiger partial charge >= 0.3 is 0 Å². The van der Waals surface area contributed by atoms with Crippen molar-refractivity contribution in [3.8, 4) is 15.6 Å². The number of nitrogens with zero attached hydrogens (tertiary/aromatic N) is 4. The molecule has 0 bridgehead atoms. The molecule has 31 heavy (non-hydrogen) atoms. The Morgan fingerprint density at radius 1 is 1.19 bits per heavy atom. The first-order valence-electron chi connectivity index (χ1n) is 9.15. The van der Waals surface area contributed by atoms with E-state index in [0.29, 0.717) is 11.0 Å². The van der Waals surface area contributed by atoms with Crippen molar-refractivity contribution in [3.05, 3.63) is 77.8 Å². The molecule has 0 fully saturated rings. The Labute approximate surface area is 178 Å². The smallest absolute Gasteiger partial charge is 0.201 e. The molecule has 0 spiro atoms. The predicted molar refractivity (Wildman–Crippen MR) is 113 cm³/mol. The maximum Gasteiger partial charge on any atom is 0.201 e. The molecule has 4 heterocycles.